The van der Waals surface area contributed by atoms with Crippen LogP contribution in [-0.2, 0) is 16.1 Å². The molecule has 0 bridgehead atoms. The van der Waals surface area contributed by atoms with E-state index in [2.05, 4.69) is 31.1 Å². The topological polar surface area (TPSA) is 67.2 Å². The third-order valence-electron chi connectivity index (χ3n) is 4.09. The zero-order valence-corrected chi connectivity index (χ0v) is 13.7. The first-order valence-electron chi connectivity index (χ1n) is 7.89. The van der Waals surface area contributed by atoms with E-state index in [0.29, 0.717) is 19.5 Å². The first kappa shape index (κ1) is 16.5. The number of hydrogen-bond donors (Lipinski definition) is 1. The molecule has 1 N–H and O–H groups in total. The lowest BCUT2D eigenvalue weighted by Crippen LogP contribution is -2.50. The molecule has 22 heavy (non-hydrogen) atoms. The maximum absolute atomic E-state index is 12.3. The van der Waals surface area contributed by atoms with E-state index < -0.39 is 0 Å². The number of nitrogens with one attached hydrogen (secondary N) is 1. The van der Waals surface area contributed by atoms with Crippen LogP contribution in [0, 0.1) is 5.41 Å². The maximum atomic E-state index is 12.3. The van der Waals surface area contributed by atoms with Gasteiger partial charge in [0.2, 0.25) is 11.8 Å². The van der Waals surface area contributed by atoms with E-state index in [-0.39, 0.29) is 29.8 Å². The molecule has 1 aliphatic heterocycles. The second-order valence-electron chi connectivity index (χ2n) is 7.02. The average Bonchev–Trinajstić information content (AvgIpc) is 2.92. The number of imidazole rings is 1. The molecule has 1 aromatic rings. The summed E-state index contributed by atoms with van der Waals surface area (Å²) in [5, 5.41) is 3.08. The lowest BCUT2D eigenvalue weighted by atomic mass is 9.86. The predicted octanol–water partition coefficient (Wildman–Crippen LogP) is 1.43. The summed E-state index contributed by atoms with van der Waals surface area (Å²) < 4.78 is 1.96. The van der Waals surface area contributed by atoms with Gasteiger partial charge in [-0.05, 0) is 18.3 Å². The fourth-order valence-corrected chi connectivity index (χ4v) is 2.58. The Bertz CT molecular complexity index is 505. The Morgan fingerprint density at radius 1 is 1.41 bits per heavy atom. The van der Waals surface area contributed by atoms with Gasteiger partial charge in [-0.15, -0.1) is 0 Å². The highest BCUT2D eigenvalue weighted by atomic mass is 16.2. The SMILES string of the molecule is CC(C)(C)[C@@H](Cn1ccnc1)NC(=O)CN1CCCCC1=O. The summed E-state index contributed by atoms with van der Waals surface area (Å²) in [7, 11) is 0. The summed E-state index contributed by atoms with van der Waals surface area (Å²) in [6.45, 7) is 7.81. The predicted molar refractivity (Wildman–Crippen MR) is 84.0 cm³/mol. The Kier molecular flexibility index (Phi) is 5.21. The normalized spacial score (nSPS) is 17.4. The van der Waals surface area contributed by atoms with Crippen molar-refractivity contribution in [3.63, 3.8) is 0 Å². The highest BCUT2D eigenvalue weighted by Gasteiger charge is 2.28. The Labute approximate surface area is 131 Å². The van der Waals surface area contributed by atoms with Crippen LogP contribution in [-0.4, -0.2) is 45.4 Å². The molecule has 2 amide bonds. The molecule has 122 valence electrons. The van der Waals surface area contributed by atoms with Crippen LogP contribution in [0.4, 0.5) is 0 Å². The lowest BCUT2D eigenvalue weighted by molar-refractivity contribution is -0.138. The summed E-state index contributed by atoms with van der Waals surface area (Å²) in [6.07, 6.45) is 7.84. The molecular formula is C16H26N4O2. The van der Waals surface area contributed by atoms with E-state index in [9.17, 15) is 9.59 Å². The zero-order chi connectivity index (χ0) is 16.2. The van der Waals surface area contributed by atoms with Gasteiger partial charge in [-0.1, -0.05) is 20.8 Å². The summed E-state index contributed by atoms with van der Waals surface area (Å²) in [5.74, 6) is -0.00129. The Hall–Kier alpha value is -1.85. The largest absolute Gasteiger partial charge is 0.350 e. The van der Waals surface area contributed by atoms with Crippen molar-refractivity contribution in [1.82, 2.24) is 19.8 Å². The number of likely N-dealkylation sites (tertiary alicyclic amines) is 1. The summed E-state index contributed by atoms with van der Waals surface area (Å²) in [6, 6.07) is -0.0194. The quantitative estimate of drug-likeness (QED) is 0.895. The molecule has 6 heteroatoms. The van der Waals surface area contributed by atoms with E-state index >= 15 is 0 Å². The molecule has 2 heterocycles. The number of rotatable bonds is 5. The van der Waals surface area contributed by atoms with Gasteiger partial charge in [0.1, 0.15) is 0 Å². The van der Waals surface area contributed by atoms with Gasteiger partial charge in [0.05, 0.1) is 18.9 Å². The van der Waals surface area contributed by atoms with E-state index in [1.807, 2.05) is 10.8 Å². The fourth-order valence-electron chi connectivity index (χ4n) is 2.58. The van der Waals surface area contributed by atoms with E-state index in [1.54, 1.807) is 17.4 Å². The maximum Gasteiger partial charge on any atom is 0.239 e. The number of hydrogen-bond acceptors (Lipinski definition) is 3. The number of nitrogens with zero attached hydrogens (tertiary/aromatic N) is 3. The summed E-state index contributed by atoms with van der Waals surface area (Å²) in [4.78, 5) is 29.8. The van der Waals surface area contributed by atoms with Crippen LogP contribution in [0.15, 0.2) is 18.7 Å². The second-order valence-corrected chi connectivity index (χ2v) is 7.02. The molecule has 0 aliphatic carbocycles. The van der Waals surface area contributed by atoms with Crippen LogP contribution in [0.3, 0.4) is 0 Å². The van der Waals surface area contributed by atoms with Gasteiger partial charge in [0, 0.05) is 31.9 Å². The first-order chi connectivity index (χ1) is 10.4. The first-order valence-corrected chi connectivity index (χ1v) is 7.89. The molecule has 1 aromatic heterocycles. The minimum absolute atomic E-state index is 0.0194. The van der Waals surface area contributed by atoms with Crippen molar-refractivity contribution in [1.29, 1.82) is 0 Å². The van der Waals surface area contributed by atoms with Gasteiger partial charge in [0.15, 0.2) is 0 Å². The molecule has 0 saturated carbocycles. The molecule has 6 nitrogen and oxygen atoms in total. The fraction of sp³-hybridized carbons (Fsp3) is 0.688. The van der Waals surface area contributed by atoms with E-state index in [4.69, 9.17) is 0 Å². The molecule has 0 aromatic carbocycles. The van der Waals surface area contributed by atoms with Crippen molar-refractivity contribution in [3.8, 4) is 0 Å². The van der Waals surface area contributed by atoms with E-state index in [1.165, 1.54) is 0 Å². The molecule has 1 saturated heterocycles. The number of amides is 2. The van der Waals surface area contributed by atoms with Gasteiger partial charge in [-0.3, -0.25) is 9.59 Å². The molecule has 1 aliphatic rings. The molecule has 0 unspecified atom stereocenters. The van der Waals surface area contributed by atoms with Crippen molar-refractivity contribution in [3.05, 3.63) is 18.7 Å². The summed E-state index contributed by atoms with van der Waals surface area (Å²) >= 11 is 0. The second kappa shape index (κ2) is 6.94. The van der Waals surface area contributed by atoms with Crippen LogP contribution < -0.4 is 5.32 Å². The van der Waals surface area contributed by atoms with Crippen molar-refractivity contribution >= 4 is 11.8 Å². The number of aromatic nitrogens is 2. The molecule has 1 fully saturated rings. The smallest absolute Gasteiger partial charge is 0.239 e. The van der Waals surface area contributed by atoms with Gasteiger partial charge in [0.25, 0.3) is 0 Å². The van der Waals surface area contributed by atoms with Crippen molar-refractivity contribution < 1.29 is 9.59 Å². The zero-order valence-electron chi connectivity index (χ0n) is 13.7. The minimum Gasteiger partial charge on any atom is -0.350 e. The Balaban J connectivity index is 1.94. The minimum atomic E-state index is -0.0877. The lowest BCUT2D eigenvalue weighted by Gasteiger charge is -2.33. The molecule has 0 spiro atoms. The van der Waals surface area contributed by atoms with Crippen molar-refractivity contribution in [2.24, 2.45) is 5.41 Å². The number of piperidine rings is 1. The van der Waals surface area contributed by atoms with Gasteiger partial charge < -0.3 is 14.8 Å². The molecular weight excluding hydrogens is 280 g/mol. The summed E-state index contributed by atoms with van der Waals surface area (Å²) in [5.41, 5.74) is -0.0775. The number of carbonyl (C=O) groups is 2. The average molecular weight is 306 g/mol. The molecule has 0 radical (unpaired) electrons. The van der Waals surface area contributed by atoms with E-state index in [0.717, 1.165) is 12.8 Å². The van der Waals surface area contributed by atoms with Gasteiger partial charge in [-0.25, -0.2) is 4.98 Å². The molecule has 1 atom stereocenters. The van der Waals surface area contributed by atoms with Gasteiger partial charge in [-0.2, -0.15) is 0 Å². The standard InChI is InChI=1S/C16H26N4O2/c1-16(2,3)13(10-19-9-7-17-12-19)18-14(21)11-20-8-5-4-6-15(20)22/h7,9,12-13H,4-6,8,10-11H2,1-3H3,(H,18,21)/t13-/m1/s1. The highest BCUT2D eigenvalue weighted by Crippen LogP contribution is 2.21. The van der Waals surface area contributed by atoms with Crippen LogP contribution in [0.25, 0.3) is 0 Å². The Morgan fingerprint density at radius 2 is 2.18 bits per heavy atom. The Morgan fingerprint density at radius 3 is 2.77 bits per heavy atom. The van der Waals surface area contributed by atoms with Crippen LogP contribution in [0.5, 0.6) is 0 Å². The van der Waals surface area contributed by atoms with Gasteiger partial charge >= 0.3 is 0 Å². The molecule has 2 rings (SSSR count). The van der Waals surface area contributed by atoms with Crippen LogP contribution in [0.1, 0.15) is 40.0 Å². The van der Waals surface area contributed by atoms with Crippen LogP contribution in [0.2, 0.25) is 0 Å². The van der Waals surface area contributed by atoms with Crippen molar-refractivity contribution in [2.75, 3.05) is 13.1 Å². The van der Waals surface area contributed by atoms with Crippen LogP contribution >= 0.6 is 0 Å². The number of carbonyl (C=O) groups excluding carboxylic acids is 2. The third kappa shape index (κ3) is 4.58. The monoisotopic (exact) mass is 306 g/mol. The third-order valence-corrected chi connectivity index (χ3v) is 4.09. The highest BCUT2D eigenvalue weighted by molar-refractivity contribution is 5.85. The van der Waals surface area contributed by atoms with Crippen molar-refractivity contribution in [2.45, 2.75) is 52.6 Å².